The van der Waals surface area contributed by atoms with Gasteiger partial charge in [0.1, 0.15) is 6.61 Å². The van der Waals surface area contributed by atoms with Gasteiger partial charge in [-0.05, 0) is 23.6 Å². The molecule has 2 aromatic carbocycles. The number of amides is 1. The van der Waals surface area contributed by atoms with Crippen molar-refractivity contribution in [1.82, 2.24) is 5.32 Å². The third-order valence-electron chi connectivity index (χ3n) is 5.06. The monoisotopic (exact) mass is 469 g/mol. The van der Waals surface area contributed by atoms with Crippen molar-refractivity contribution < 1.29 is 19.1 Å². The average molecular weight is 470 g/mol. The molecule has 33 heavy (non-hydrogen) atoms. The van der Waals surface area contributed by atoms with Crippen LogP contribution in [0.2, 0.25) is 0 Å². The highest BCUT2D eigenvalue weighted by Crippen LogP contribution is 2.28. The number of Topliss-reactive ketones (excluding diaryl/α,β-unsaturated/α-hetero) is 1. The highest BCUT2D eigenvalue weighted by atomic mass is 32.2. The Hall–Kier alpha value is -2.60. The van der Waals surface area contributed by atoms with Crippen molar-refractivity contribution in [1.29, 1.82) is 0 Å². The number of carbonyl (C=O) groups is 3. The van der Waals surface area contributed by atoms with Crippen LogP contribution in [0, 0.1) is 11.8 Å². The lowest BCUT2D eigenvalue weighted by molar-refractivity contribution is -0.150. The number of thioether (sulfide) groups is 1. The quantitative estimate of drug-likeness (QED) is 0.453. The maximum Gasteiger partial charge on any atom is 0.310 e. The topological polar surface area (TPSA) is 72.5 Å². The Labute approximate surface area is 201 Å². The first-order valence-electron chi connectivity index (χ1n) is 11.3. The van der Waals surface area contributed by atoms with Crippen molar-refractivity contribution in [2.24, 2.45) is 11.8 Å². The minimum absolute atomic E-state index is 0.0224. The van der Waals surface area contributed by atoms with Gasteiger partial charge < -0.3 is 10.1 Å². The van der Waals surface area contributed by atoms with Gasteiger partial charge in [-0.3, -0.25) is 14.4 Å². The van der Waals surface area contributed by atoms with Crippen molar-refractivity contribution in [2.45, 2.75) is 58.4 Å². The number of esters is 1. The van der Waals surface area contributed by atoms with E-state index in [-0.39, 0.29) is 41.4 Å². The minimum Gasteiger partial charge on any atom is -0.461 e. The predicted molar refractivity (Wildman–Crippen MR) is 134 cm³/mol. The molecule has 2 aromatic rings. The molecule has 0 bridgehead atoms. The summed E-state index contributed by atoms with van der Waals surface area (Å²) >= 11 is 1.62. The van der Waals surface area contributed by atoms with Crippen LogP contribution in [0.25, 0.3) is 0 Å². The molecule has 0 unspecified atom stereocenters. The van der Waals surface area contributed by atoms with E-state index in [0.29, 0.717) is 11.3 Å². The Morgan fingerprint density at radius 2 is 1.52 bits per heavy atom. The lowest BCUT2D eigenvalue weighted by Gasteiger charge is -2.25. The molecule has 1 amide bonds. The van der Waals surface area contributed by atoms with E-state index in [2.05, 4.69) is 26.1 Å². The number of ether oxygens (including phenoxy) is 1. The fraction of sp³-hybridized carbons (Fsp3) is 0.444. The summed E-state index contributed by atoms with van der Waals surface area (Å²) in [4.78, 5) is 38.8. The molecule has 0 saturated heterocycles. The van der Waals surface area contributed by atoms with Crippen LogP contribution in [0.1, 0.15) is 57.0 Å². The Balaban J connectivity index is 2.09. The van der Waals surface area contributed by atoms with E-state index in [1.165, 1.54) is 0 Å². The number of hydrogen-bond acceptors (Lipinski definition) is 5. The van der Waals surface area contributed by atoms with Crippen LogP contribution in [0.15, 0.2) is 60.7 Å². The number of rotatable bonds is 11. The van der Waals surface area contributed by atoms with Crippen molar-refractivity contribution in [3.05, 3.63) is 71.8 Å². The molecule has 0 fully saturated rings. The van der Waals surface area contributed by atoms with Gasteiger partial charge in [-0.25, -0.2) is 0 Å². The number of benzene rings is 2. The third kappa shape index (κ3) is 9.42. The summed E-state index contributed by atoms with van der Waals surface area (Å²) < 4.78 is 5.50. The van der Waals surface area contributed by atoms with Gasteiger partial charge >= 0.3 is 5.97 Å². The summed E-state index contributed by atoms with van der Waals surface area (Å²) in [6.45, 7) is 10.2. The van der Waals surface area contributed by atoms with Gasteiger partial charge in [0.05, 0.1) is 12.0 Å². The molecule has 2 atom stereocenters. The van der Waals surface area contributed by atoms with Crippen molar-refractivity contribution in [2.75, 3.05) is 5.75 Å². The number of carbonyl (C=O) groups excluding carboxylic acids is 3. The zero-order chi connectivity index (χ0) is 24.4. The van der Waals surface area contributed by atoms with Crippen molar-refractivity contribution in [3.63, 3.8) is 0 Å². The highest BCUT2D eigenvalue weighted by Gasteiger charge is 2.31. The Morgan fingerprint density at radius 1 is 0.939 bits per heavy atom. The molecule has 0 aliphatic carbocycles. The SMILES string of the molecule is CC(C)[C@H](NC(=O)c1ccccc1)C(=O)C[C@@H](CSC(C)(C)C)C(=O)OCc1ccccc1. The van der Waals surface area contributed by atoms with Crippen LogP contribution in [-0.4, -0.2) is 34.2 Å². The number of nitrogens with one attached hydrogen (secondary N) is 1. The van der Waals surface area contributed by atoms with Crippen LogP contribution in [0.3, 0.4) is 0 Å². The summed E-state index contributed by atoms with van der Waals surface area (Å²) in [5, 5.41) is 2.86. The first-order chi connectivity index (χ1) is 15.6. The van der Waals surface area contributed by atoms with Gasteiger partial charge in [-0.15, -0.1) is 0 Å². The second-order valence-electron chi connectivity index (χ2n) is 9.45. The largest absolute Gasteiger partial charge is 0.461 e. The van der Waals surface area contributed by atoms with Gasteiger partial charge in [0, 0.05) is 22.5 Å². The summed E-state index contributed by atoms with van der Waals surface area (Å²) in [6.07, 6.45) is 0.0224. The summed E-state index contributed by atoms with van der Waals surface area (Å²) in [7, 11) is 0. The van der Waals surface area contributed by atoms with Gasteiger partial charge in [-0.1, -0.05) is 83.1 Å². The molecule has 0 aromatic heterocycles. The zero-order valence-corrected chi connectivity index (χ0v) is 21.0. The van der Waals surface area contributed by atoms with E-state index in [4.69, 9.17) is 4.74 Å². The molecule has 1 N–H and O–H groups in total. The predicted octanol–water partition coefficient (Wildman–Crippen LogP) is 5.29. The van der Waals surface area contributed by atoms with Crippen LogP contribution in [0.5, 0.6) is 0 Å². The molecular formula is C27H35NO4S. The van der Waals surface area contributed by atoms with Crippen molar-refractivity contribution in [3.8, 4) is 0 Å². The lowest BCUT2D eigenvalue weighted by Crippen LogP contribution is -2.45. The first-order valence-corrected chi connectivity index (χ1v) is 12.3. The normalized spacial score (nSPS) is 13.3. The van der Waals surface area contributed by atoms with Gasteiger partial charge in [0.15, 0.2) is 5.78 Å². The van der Waals surface area contributed by atoms with Gasteiger partial charge in [-0.2, -0.15) is 11.8 Å². The summed E-state index contributed by atoms with van der Waals surface area (Å²) in [6, 6.07) is 17.6. The summed E-state index contributed by atoms with van der Waals surface area (Å²) in [5.74, 6) is -1.07. The standard InChI is InChI=1S/C27H35NO4S/c1-19(2)24(28-25(30)21-14-10-7-11-15-21)23(29)16-22(18-33-27(3,4)5)26(31)32-17-20-12-8-6-9-13-20/h6-15,19,22,24H,16-18H2,1-5H3,(H,28,30)/t22-,24-/m0/s1. The fourth-order valence-corrected chi connectivity index (χ4v) is 4.17. The molecule has 5 nitrogen and oxygen atoms in total. The first kappa shape index (κ1) is 26.7. The Kier molecular flexibility index (Phi) is 10.2. The van der Waals surface area contributed by atoms with E-state index in [9.17, 15) is 14.4 Å². The molecule has 6 heteroatoms. The molecule has 0 radical (unpaired) electrons. The molecular weight excluding hydrogens is 434 g/mol. The number of hydrogen-bond donors (Lipinski definition) is 1. The van der Waals surface area contributed by atoms with E-state index in [1.807, 2.05) is 50.2 Å². The van der Waals surface area contributed by atoms with E-state index >= 15 is 0 Å². The van der Waals surface area contributed by atoms with E-state index in [0.717, 1.165) is 5.56 Å². The molecule has 0 spiro atoms. The highest BCUT2D eigenvalue weighted by molar-refractivity contribution is 8.00. The van der Waals surface area contributed by atoms with Crippen LogP contribution >= 0.6 is 11.8 Å². The molecule has 2 rings (SSSR count). The smallest absolute Gasteiger partial charge is 0.310 e. The minimum atomic E-state index is -0.679. The zero-order valence-electron chi connectivity index (χ0n) is 20.2. The molecule has 0 aliphatic rings. The average Bonchev–Trinajstić information content (AvgIpc) is 2.78. The van der Waals surface area contributed by atoms with Crippen LogP contribution < -0.4 is 5.32 Å². The Bertz CT molecular complexity index is 907. The summed E-state index contributed by atoms with van der Waals surface area (Å²) in [5.41, 5.74) is 1.40. The lowest BCUT2D eigenvalue weighted by atomic mass is 9.93. The number of ketones is 1. The van der Waals surface area contributed by atoms with E-state index < -0.39 is 12.0 Å². The van der Waals surface area contributed by atoms with Gasteiger partial charge in [0.25, 0.3) is 5.91 Å². The van der Waals surface area contributed by atoms with E-state index in [1.54, 1.807) is 36.0 Å². The molecule has 0 heterocycles. The molecule has 0 aliphatic heterocycles. The Morgan fingerprint density at radius 3 is 2.06 bits per heavy atom. The third-order valence-corrected chi connectivity index (χ3v) is 6.49. The van der Waals surface area contributed by atoms with Crippen LogP contribution in [-0.2, 0) is 20.9 Å². The second-order valence-corrected chi connectivity index (χ2v) is 11.3. The molecule has 0 saturated carbocycles. The molecule has 178 valence electrons. The van der Waals surface area contributed by atoms with Crippen LogP contribution in [0.4, 0.5) is 0 Å². The maximum absolute atomic E-state index is 13.2. The van der Waals surface area contributed by atoms with Gasteiger partial charge in [0.2, 0.25) is 0 Å². The second kappa shape index (κ2) is 12.6. The van der Waals surface area contributed by atoms with Crippen molar-refractivity contribution >= 4 is 29.4 Å². The fourth-order valence-electron chi connectivity index (χ4n) is 3.21. The maximum atomic E-state index is 13.2.